The van der Waals surface area contributed by atoms with Crippen molar-refractivity contribution in [2.75, 3.05) is 0 Å². The zero-order valence-electron chi connectivity index (χ0n) is 10.7. The highest BCUT2D eigenvalue weighted by Crippen LogP contribution is 2.52. The van der Waals surface area contributed by atoms with Crippen LogP contribution in [0, 0.1) is 35.0 Å². The lowest BCUT2D eigenvalue weighted by Gasteiger charge is -2.48. The molecule has 0 saturated heterocycles. The van der Waals surface area contributed by atoms with E-state index < -0.39 is 0 Å². The first-order chi connectivity index (χ1) is 8.38. The molecule has 0 N–H and O–H groups in total. The van der Waals surface area contributed by atoms with Crippen molar-refractivity contribution in [1.29, 1.82) is 5.26 Å². The molecule has 0 aromatic rings. The van der Waals surface area contributed by atoms with E-state index in [4.69, 9.17) is 5.26 Å². The van der Waals surface area contributed by atoms with E-state index in [1.54, 1.807) is 5.57 Å². The second-order valence-electron chi connectivity index (χ2n) is 6.31. The molecule has 1 unspecified atom stereocenters. The highest BCUT2D eigenvalue weighted by Gasteiger charge is 2.41. The molecule has 2 fully saturated rings. The van der Waals surface area contributed by atoms with E-state index in [1.165, 1.54) is 44.9 Å². The third-order valence-electron chi connectivity index (χ3n) is 5.38. The van der Waals surface area contributed by atoms with Crippen molar-refractivity contribution in [3.05, 3.63) is 11.6 Å². The Morgan fingerprint density at radius 2 is 1.88 bits per heavy atom. The Hall–Kier alpha value is -0.770. The van der Waals surface area contributed by atoms with Gasteiger partial charge in [-0.2, -0.15) is 5.26 Å². The number of hydrogen-bond acceptors (Lipinski definition) is 1. The zero-order chi connectivity index (χ0) is 11.7. The van der Waals surface area contributed by atoms with Crippen molar-refractivity contribution in [2.45, 2.75) is 57.8 Å². The SMILES string of the molecule is N#CCCC1=C[C@H]2CCC[C@H]3CCCC(C1)[C@H]32. The summed E-state index contributed by atoms with van der Waals surface area (Å²) < 4.78 is 0. The summed E-state index contributed by atoms with van der Waals surface area (Å²) in [5.41, 5.74) is 1.61. The number of rotatable bonds is 2. The molecular weight excluding hydrogens is 206 g/mol. The largest absolute Gasteiger partial charge is 0.198 e. The standard InChI is InChI=1S/C16H23N/c17-9-3-4-12-10-14-7-1-5-13-6-2-8-15(11-12)16(13)14/h10,13-16H,1-8,11H2/t13-,14+,15?,16+/m0/s1. The van der Waals surface area contributed by atoms with Crippen LogP contribution in [-0.4, -0.2) is 0 Å². The van der Waals surface area contributed by atoms with Crippen LogP contribution >= 0.6 is 0 Å². The molecule has 0 spiro atoms. The quantitative estimate of drug-likeness (QED) is 0.642. The molecule has 0 radical (unpaired) electrons. The van der Waals surface area contributed by atoms with Crippen molar-refractivity contribution in [3.8, 4) is 6.07 Å². The highest BCUT2D eigenvalue weighted by molar-refractivity contribution is 5.15. The predicted octanol–water partition coefficient (Wildman–Crippen LogP) is 4.45. The van der Waals surface area contributed by atoms with Gasteiger partial charge in [0.25, 0.3) is 0 Å². The van der Waals surface area contributed by atoms with Crippen LogP contribution in [0.1, 0.15) is 57.8 Å². The maximum Gasteiger partial charge on any atom is 0.0625 e. The van der Waals surface area contributed by atoms with E-state index in [0.29, 0.717) is 0 Å². The van der Waals surface area contributed by atoms with Gasteiger partial charge in [0.15, 0.2) is 0 Å². The molecule has 0 amide bonds. The molecule has 0 aliphatic heterocycles. The molecule has 0 bridgehead atoms. The van der Waals surface area contributed by atoms with Crippen LogP contribution in [-0.2, 0) is 0 Å². The van der Waals surface area contributed by atoms with E-state index in [2.05, 4.69) is 12.1 Å². The summed E-state index contributed by atoms with van der Waals surface area (Å²) >= 11 is 0. The van der Waals surface area contributed by atoms with Gasteiger partial charge >= 0.3 is 0 Å². The molecule has 3 aliphatic carbocycles. The van der Waals surface area contributed by atoms with E-state index in [-0.39, 0.29) is 0 Å². The van der Waals surface area contributed by atoms with Gasteiger partial charge in [-0.15, -0.1) is 0 Å². The van der Waals surface area contributed by atoms with Crippen LogP contribution in [0.4, 0.5) is 0 Å². The molecule has 0 aromatic carbocycles. The first-order valence-corrected chi connectivity index (χ1v) is 7.45. The average Bonchev–Trinajstić information content (AvgIpc) is 2.37. The fourth-order valence-electron chi connectivity index (χ4n) is 4.80. The minimum absolute atomic E-state index is 0.722. The molecule has 0 heterocycles. The molecule has 3 rings (SSSR count). The van der Waals surface area contributed by atoms with Crippen LogP contribution in [0.3, 0.4) is 0 Å². The van der Waals surface area contributed by atoms with Crippen molar-refractivity contribution >= 4 is 0 Å². The average molecular weight is 229 g/mol. The fourth-order valence-corrected chi connectivity index (χ4v) is 4.80. The molecule has 1 heteroatoms. The van der Waals surface area contributed by atoms with E-state index in [0.717, 1.165) is 36.5 Å². The summed E-state index contributed by atoms with van der Waals surface area (Å²) in [6, 6.07) is 2.30. The minimum Gasteiger partial charge on any atom is -0.198 e. The summed E-state index contributed by atoms with van der Waals surface area (Å²) in [7, 11) is 0. The van der Waals surface area contributed by atoms with Gasteiger partial charge in [-0.1, -0.05) is 37.3 Å². The molecule has 3 aliphatic rings. The number of hydrogen-bond donors (Lipinski definition) is 0. The monoisotopic (exact) mass is 229 g/mol. The molecular formula is C16H23N. The second-order valence-corrected chi connectivity index (χ2v) is 6.31. The van der Waals surface area contributed by atoms with Gasteiger partial charge in [-0.3, -0.25) is 0 Å². The molecule has 17 heavy (non-hydrogen) atoms. The minimum atomic E-state index is 0.722. The van der Waals surface area contributed by atoms with Crippen molar-refractivity contribution in [2.24, 2.45) is 23.7 Å². The lowest BCUT2D eigenvalue weighted by molar-refractivity contribution is 0.0590. The lowest BCUT2D eigenvalue weighted by Crippen LogP contribution is -2.39. The third-order valence-corrected chi connectivity index (χ3v) is 5.38. The Kier molecular flexibility index (Phi) is 3.23. The fraction of sp³-hybridized carbons (Fsp3) is 0.812. The van der Waals surface area contributed by atoms with Gasteiger partial charge in [0, 0.05) is 6.42 Å². The van der Waals surface area contributed by atoms with Gasteiger partial charge in [0.1, 0.15) is 0 Å². The molecule has 0 aromatic heterocycles. The summed E-state index contributed by atoms with van der Waals surface area (Å²) in [6.45, 7) is 0. The van der Waals surface area contributed by atoms with Crippen LogP contribution in [0.5, 0.6) is 0 Å². The third kappa shape index (κ3) is 2.15. The van der Waals surface area contributed by atoms with Gasteiger partial charge in [0.05, 0.1) is 6.07 Å². The van der Waals surface area contributed by atoms with Gasteiger partial charge < -0.3 is 0 Å². The summed E-state index contributed by atoms with van der Waals surface area (Å²) in [4.78, 5) is 0. The molecule has 1 nitrogen and oxygen atoms in total. The van der Waals surface area contributed by atoms with Gasteiger partial charge in [-0.25, -0.2) is 0 Å². The Morgan fingerprint density at radius 3 is 2.71 bits per heavy atom. The predicted molar refractivity (Wildman–Crippen MR) is 69.2 cm³/mol. The lowest BCUT2D eigenvalue weighted by atomic mass is 9.57. The van der Waals surface area contributed by atoms with E-state index in [1.807, 2.05) is 0 Å². The molecule has 2 saturated carbocycles. The summed E-state index contributed by atoms with van der Waals surface area (Å²) in [5, 5.41) is 8.73. The topological polar surface area (TPSA) is 23.8 Å². The zero-order valence-corrected chi connectivity index (χ0v) is 10.7. The van der Waals surface area contributed by atoms with Crippen LogP contribution in [0.2, 0.25) is 0 Å². The van der Waals surface area contributed by atoms with Crippen molar-refractivity contribution < 1.29 is 0 Å². The summed E-state index contributed by atoms with van der Waals surface area (Å²) in [6.07, 6.45) is 14.5. The maximum absolute atomic E-state index is 8.73. The Labute approximate surface area is 105 Å². The highest BCUT2D eigenvalue weighted by atomic mass is 14.5. The van der Waals surface area contributed by atoms with Crippen molar-refractivity contribution in [3.63, 3.8) is 0 Å². The van der Waals surface area contributed by atoms with Gasteiger partial charge in [0.2, 0.25) is 0 Å². The van der Waals surface area contributed by atoms with Crippen LogP contribution < -0.4 is 0 Å². The summed E-state index contributed by atoms with van der Waals surface area (Å²) in [5.74, 6) is 3.91. The molecule has 4 atom stereocenters. The second kappa shape index (κ2) is 4.84. The maximum atomic E-state index is 8.73. The molecule has 92 valence electrons. The smallest absolute Gasteiger partial charge is 0.0625 e. The number of nitriles is 1. The normalized spacial score (nSPS) is 40.1. The first kappa shape index (κ1) is 11.3. The van der Waals surface area contributed by atoms with E-state index >= 15 is 0 Å². The Morgan fingerprint density at radius 1 is 1.12 bits per heavy atom. The van der Waals surface area contributed by atoms with Crippen molar-refractivity contribution in [1.82, 2.24) is 0 Å². The Balaban J connectivity index is 1.78. The van der Waals surface area contributed by atoms with Crippen LogP contribution in [0.25, 0.3) is 0 Å². The number of nitrogens with zero attached hydrogens (tertiary/aromatic N) is 1. The van der Waals surface area contributed by atoms with E-state index in [9.17, 15) is 0 Å². The Bertz CT molecular complexity index is 347. The van der Waals surface area contributed by atoms with Gasteiger partial charge in [-0.05, 0) is 49.4 Å². The van der Waals surface area contributed by atoms with Crippen LogP contribution in [0.15, 0.2) is 11.6 Å². The first-order valence-electron chi connectivity index (χ1n) is 7.45. The number of allylic oxidation sites excluding steroid dienone is 2.